The zero-order valence-corrected chi connectivity index (χ0v) is 11.7. The predicted octanol–water partition coefficient (Wildman–Crippen LogP) is 3.47. The Bertz CT molecular complexity index is 629. The summed E-state index contributed by atoms with van der Waals surface area (Å²) >= 11 is 5.81. The lowest BCUT2D eigenvalue weighted by atomic mass is 10.1. The average molecular weight is 306 g/mol. The van der Waals surface area contributed by atoms with Crippen LogP contribution in [0.4, 0.5) is 0 Å². The quantitative estimate of drug-likeness (QED) is 0.825. The van der Waals surface area contributed by atoms with Crippen LogP contribution in [0.1, 0.15) is 24.4 Å². The van der Waals surface area contributed by atoms with Crippen LogP contribution in [0, 0.1) is 4.91 Å². The van der Waals surface area contributed by atoms with Gasteiger partial charge >= 0.3 is 5.97 Å². The molecule has 0 saturated carbocycles. The number of hydrogen-bond acceptors (Lipinski definition) is 5. The molecule has 0 aliphatic carbocycles. The van der Waals surface area contributed by atoms with Gasteiger partial charge in [-0.2, -0.15) is 4.91 Å². The van der Waals surface area contributed by atoms with Crippen molar-refractivity contribution >= 4 is 17.6 Å². The fourth-order valence-electron chi connectivity index (χ4n) is 1.80. The van der Waals surface area contributed by atoms with Gasteiger partial charge in [0.05, 0.1) is 0 Å². The zero-order valence-electron chi connectivity index (χ0n) is 10.9. The molecule has 1 aromatic carbocycles. The third-order valence-electron chi connectivity index (χ3n) is 2.92. The van der Waals surface area contributed by atoms with Crippen LogP contribution < -0.4 is 0 Å². The first-order valence-electron chi connectivity index (χ1n) is 6.22. The summed E-state index contributed by atoms with van der Waals surface area (Å²) in [7, 11) is 0. The van der Waals surface area contributed by atoms with E-state index in [9.17, 15) is 9.70 Å². The van der Waals surface area contributed by atoms with E-state index >= 15 is 0 Å². The van der Waals surface area contributed by atoms with Crippen molar-refractivity contribution in [3.05, 3.63) is 52.2 Å². The average Bonchev–Trinajstić information content (AvgIpc) is 2.49. The molecule has 2 rings (SSSR count). The first-order valence-corrected chi connectivity index (χ1v) is 6.60. The van der Waals surface area contributed by atoms with Gasteiger partial charge in [-0.15, -0.1) is 0 Å². The summed E-state index contributed by atoms with van der Waals surface area (Å²) in [6, 6.07) is 6.29. The summed E-state index contributed by atoms with van der Waals surface area (Å²) in [5, 5.41) is 12.2. The lowest BCUT2D eigenvalue weighted by Crippen LogP contribution is -2.02. The number of carbonyl (C=O) groups is 1. The third-order valence-corrected chi connectivity index (χ3v) is 3.17. The number of carboxylic acids is 1. The van der Waals surface area contributed by atoms with Gasteiger partial charge in [0.2, 0.25) is 0 Å². The number of carboxylic acid groups (broad SMARTS) is 1. The Labute approximate surface area is 125 Å². The van der Waals surface area contributed by atoms with E-state index < -0.39 is 12.0 Å². The van der Waals surface area contributed by atoms with Gasteiger partial charge in [0, 0.05) is 35.0 Å². The number of aliphatic carboxylic acids is 1. The van der Waals surface area contributed by atoms with Crippen LogP contribution >= 0.6 is 11.6 Å². The molecule has 21 heavy (non-hydrogen) atoms. The van der Waals surface area contributed by atoms with Crippen LogP contribution in [0.5, 0.6) is 0 Å². The van der Waals surface area contributed by atoms with Gasteiger partial charge in [-0.3, -0.25) is 4.79 Å². The Morgan fingerprint density at radius 3 is 2.38 bits per heavy atom. The Hall–Kier alpha value is -2.34. The van der Waals surface area contributed by atoms with Crippen molar-refractivity contribution in [3.8, 4) is 11.4 Å². The van der Waals surface area contributed by atoms with Crippen molar-refractivity contribution in [2.75, 3.05) is 0 Å². The SMILES string of the molecule is O=NC(CCC(=O)O)c1cnc(-c2ccc(Cl)cc2)nc1. The highest BCUT2D eigenvalue weighted by Crippen LogP contribution is 2.23. The number of hydrogen-bond donors (Lipinski definition) is 1. The predicted molar refractivity (Wildman–Crippen MR) is 77.9 cm³/mol. The van der Waals surface area contributed by atoms with Crippen molar-refractivity contribution in [1.82, 2.24) is 9.97 Å². The third kappa shape index (κ3) is 4.06. The minimum Gasteiger partial charge on any atom is -0.481 e. The molecular formula is C14H12ClN3O3. The van der Waals surface area contributed by atoms with Crippen molar-refractivity contribution in [2.45, 2.75) is 18.9 Å². The van der Waals surface area contributed by atoms with Gasteiger partial charge in [0.15, 0.2) is 5.82 Å². The second-order valence-electron chi connectivity index (χ2n) is 4.40. The summed E-state index contributed by atoms with van der Waals surface area (Å²) in [5.41, 5.74) is 1.30. The van der Waals surface area contributed by atoms with E-state index in [1.165, 1.54) is 12.4 Å². The van der Waals surface area contributed by atoms with Crippen molar-refractivity contribution in [3.63, 3.8) is 0 Å². The fourth-order valence-corrected chi connectivity index (χ4v) is 1.92. The largest absolute Gasteiger partial charge is 0.481 e. The maximum atomic E-state index is 10.8. The molecule has 1 heterocycles. The number of benzene rings is 1. The second kappa shape index (κ2) is 6.90. The molecule has 1 atom stereocenters. The maximum absolute atomic E-state index is 10.8. The van der Waals surface area contributed by atoms with E-state index in [0.717, 1.165) is 5.56 Å². The molecule has 1 N–H and O–H groups in total. The van der Waals surface area contributed by atoms with Crippen molar-refractivity contribution < 1.29 is 9.90 Å². The Morgan fingerprint density at radius 2 is 1.86 bits per heavy atom. The van der Waals surface area contributed by atoms with Crippen LogP contribution in [0.3, 0.4) is 0 Å². The van der Waals surface area contributed by atoms with Gasteiger partial charge in [0.25, 0.3) is 0 Å². The van der Waals surface area contributed by atoms with Crippen molar-refractivity contribution in [2.24, 2.45) is 5.18 Å². The summed E-state index contributed by atoms with van der Waals surface area (Å²) in [4.78, 5) is 29.7. The fraction of sp³-hybridized carbons (Fsp3) is 0.214. The Kier molecular flexibility index (Phi) is 4.94. The van der Waals surface area contributed by atoms with Crippen LogP contribution in [-0.4, -0.2) is 21.0 Å². The van der Waals surface area contributed by atoms with E-state index in [4.69, 9.17) is 16.7 Å². The number of nitroso groups, excluding NO2 is 1. The summed E-state index contributed by atoms with van der Waals surface area (Å²) in [6.07, 6.45) is 2.98. The monoisotopic (exact) mass is 305 g/mol. The number of aromatic nitrogens is 2. The standard InChI is InChI=1S/C14H12ClN3O3/c15-11-3-1-9(2-4-11)14-16-7-10(8-17-14)12(18-21)5-6-13(19)20/h1-4,7-8,12H,5-6H2,(H,19,20). The summed E-state index contributed by atoms with van der Waals surface area (Å²) in [6.45, 7) is 0. The van der Waals surface area contributed by atoms with Crippen LogP contribution in [-0.2, 0) is 4.79 Å². The van der Waals surface area contributed by atoms with Gasteiger partial charge in [0.1, 0.15) is 6.04 Å². The number of halogens is 1. The maximum Gasteiger partial charge on any atom is 0.303 e. The Morgan fingerprint density at radius 1 is 1.24 bits per heavy atom. The molecule has 108 valence electrons. The molecule has 0 bridgehead atoms. The molecule has 1 unspecified atom stereocenters. The van der Waals surface area contributed by atoms with E-state index in [0.29, 0.717) is 16.4 Å². The minimum absolute atomic E-state index is 0.127. The molecule has 1 aromatic heterocycles. The van der Waals surface area contributed by atoms with Gasteiger partial charge in [-0.05, 0) is 30.7 Å². The molecule has 2 aromatic rings. The first kappa shape index (κ1) is 15.1. The molecule has 0 radical (unpaired) electrons. The van der Waals surface area contributed by atoms with Crippen molar-refractivity contribution in [1.29, 1.82) is 0 Å². The van der Waals surface area contributed by atoms with Gasteiger partial charge in [-0.1, -0.05) is 16.8 Å². The van der Waals surface area contributed by atoms with Crippen LogP contribution in [0.15, 0.2) is 41.8 Å². The molecule has 0 saturated heterocycles. The molecule has 6 nitrogen and oxygen atoms in total. The van der Waals surface area contributed by atoms with E-state index in [2.05, 4.69) is 15.1 Å². The molecule has 0 fully saturated rings. The summed E-state index contributed by atoms with van der Waals surface area (Å²) < 4.78 is 0. The van der Waals surface area contributed by atoms with E-state index in [1.54, 1.807) is 24.3 Å². The highest BCUT2D eigenvalue weighted by atomic mass is 35.5. The smallest absolute Gasteiger partial charge is 0.303 e. The molecule has 7 heteroatoms. The lowest BCUT2D eigenvalue weighted by Gasteiger charge is -2.08. The molecule has 0 aliphatic heterocycles. The lowest BCUT2D eigenvalue weighted by molar-refractivity contribution is -0.137. The molecule has 0 spiro atoms. The first-order chi connectivity index (χ1) is 10.1. The highest BCUT2D eigenvalue weighted by molar-refractivity contribution is 6.30. The van der Waals surface area contributed by atoms with Crippen LogP contribution in [0.25, 0.3) is 11.4 Å². The van der Waals surface area contributed by atoms with E-state index in [-0.39, 0.29) is 12.8 Å². The molecular weight excluding hydrogens is 294 g/mol. The van der Waals surface area contributed by atoms with E-state index in [1.807, 2.05) is 0 Å². The summed E-state index contributed by atoms with van der Waals surface area (Å²) in [5.74, 6) is -0.472. The Balaban J connectivity index is 2.15. The van der Waals surface area contributed by atoms with Gasteiger partial charge < -0.3 is 5.11 Å². The highest BCUT2D eigenvalue weighted by Gasteiger charge is 2.15. The molecule has 0 aliphatic rings. The number of rotatable bonds is 6. The molecule has 0 amide bonds. The topological polar surface area (TPSA) is 92.5 Å². The minimum atomic E-state index is -0.970. The van der Waals surface area contributed by atoms with Gasteiger partial charge in [-0.25, -0.2) is 9.97 Å². The second-order valence-corrected chi connectivity index (χ2v) is 4.84. The normalized spacial score (nSPS) is 11.9. The number of nitrogens with zero attached hydrogens (tertiary/aromatic N) is 3. The van der Waals surface area contributed by atoms with Crippen LogP contribution in [0.2, 0.25) is 5.02 Å². The zero-order chi connectivity index (χ0) is 15.2.